The number of anilines is 3. The average molecular weight is 352 g/mol. The number of rotatable bonds is 5. The Labute approximate surface area is 150 Å². The zero-order valence-electron chi connectivity index (χ0n) is 13.9. The third-order valence-corrected chi connectivity index (χ3v) is 3.90. The van der Waals surface area contributed by atoms with E-state index in [1.807, 2.05) is 18.2 Å². The van der Waals surface area contributed by atoms with Gasteiger partial charge in [0.15, 0.2) is 11.5 Å². The first-order valence-electron chi connectivity index (χ1n) is 8.24. The molecular weight excluding hydrogens is 335 g/mol. The van der Waals surface area contributed by atoms with Gasteiger partial charge in [0.05, 0.1) is 0 Å². The standard InChI is InChI=1S/C19H17FN4O2/c20-15-4-2-1-3-13(15)11-21-18-10-19(23-12-22-18)24-14-5-6-16-17(9-14)26-8-7-25-16/h1-6,9-10,12H,7-8,11H2,(H2,21,22,23,24). The third kappa shape index (κ3) is 3.66. The number of halogens is 1. The second-order valence-corrected chi connectivity index (χ2v) is 5.72. The summed E-state index contributed by atoms with van der Waals surface area (Å²) in [5, 5.41) is 6.31. The van der Waals surface area contributed by atoms with Gasteiger partial charge < -0.3 is 20.1 Å². The molecule has 0 radical (unpaired) electrons. The lowest BCUT2D eigenvalue weighted by Gasteiger charge is -2.19. The molecule has 6 nitrogen and oxygen atoms in total. The van der Waals surface area contributed by atoms with E-state index >= 15 is 0 Å². The van der Waals surface area contributed by atoms with Crippen molar-refractivity contribution in [3.63, 3.8) is 0 Å². The number of hydrogen-bond acceptors (Lipinski definition) is 6. The summed E-state index contributed by atoms with van der Waals surface area (Å²) in [6, 6.07) is 14.0. The highest BCUT2D eigenvalue weighted by Crippen LogP contribution is 2.33. The molecule has 0 unspecified atom stereocenters. The lowest BCUT2D eigenvalue weighted by molar-refractivity contribution is 0.171. The van der Waals surface area contributed by atoms with Gasteiger partial charge in [-0.25, -0.2) is 14.4 Å². The molecule has 2 N–H and O–H groups in total. The van der Waals surface area contributed by atoms with Gasteiger partial charge in [-0.05, 0) is 18.2 Å². The number of nitrogens with one attached hydrogen (secondary N) is 2. The molecule has 1 aliphatic rings. The maximum Gasteiger partial charge on any atom is 0.163 e. The van der Waals surface area contributed by atoms with Gasteiger partial charge in [0, 0.05) is 29.9 Å². The lowest BCUT2D eigenvalue weighted by Crippen LogP contribution is -2.15. The van der Waals surface area contributed by atoms with Crippen molar-refractivity contribution in [2.75, 3.05) is 23.8 Å². The fourth-order valence-corrected chi connectivity index (χ4v) is 2.62. The van der Waals surface area contributed by atoms with E-state index in [0.29, 0.717) is 42.7 Å². The summed E-state index contributed by atoms with van der Waals surface area (Å²) in [5.74, 6) is 2.41. The zero-order valence-corrected chi connectivity index (χ0v) is 13.9. The molecule has 7 heteroatoms. The van der Waals surface area contributed by atoms with Gasteiger partial charge in [0.1, 0.15) is 37.0 Å². The van der Waals surface area contributed by atoms with Crippen molar-refractivity contribution in [1.82, 2.24) is 9.97 Å². The quantitative estimate of drug-likeness (QED) is 0.729. The first-order chi connectivity index (χ1) is 12.8. The molecule has 0 atom stereocenters. The highest BCUT2D eigenvalue weighted by molar-refractivity contribution is 5.63. The van der Waals surface area contributed by atoms with Gasteiger partial charge in [-0.15, -0.1) is 0 Å². The van der Waals surface area contributed by atoms with Crippen molar-refractivity contribution in [3.8, 4) is 11.5 Å². The Kier molecular flexibility index (Phi) is 4.51. The van der Waals surface area contributed by atoms with E-state index in [1.165, 1.54) is 12.4 Å². The van der Waals surface area contributed by atoms with Crippen LogP contribution in [-0.2, 0) is 6.54 Å². The molecule has 0 aliphatic carbocycles. The van der Waals surface area contributed by atoms with Gasteiger partial charge in [0.2, 0.25) is 0 Å². The van der Waals surface area contributed by atoms with Crippen LogP contribution in [0.5, 0.6) is 11.5 Å². The molecule has 0 fully saturated rings. The molecule has 2 aromatic carbocycles. The number of nitrogens with zero attached hydrogens (tertiary/aromatic N) is 2. The molecule has 0 saturated heterocycles. The number of benzene rings is 2. The van der Waals surface area contributed by atoms with Crippen molar-refractivity contribution in [2.45, 2.75) is 6.54 Å². The van der Waals surface area contributed by atoms with Gasteiger partial charge in [-0.2, -0.15) is 0 Å². The molecule has 3 aromatic rings. The smallest absolute Gasteiger partial charge is 0.163 e. The van der Waals surface area contributed by atoms with Crippen molar-refractivity contribution >= 4 is 17.3 Å². The van der Waals surface area contributed by atoms with Crippen molar-refractivity contribution in [3.05, 3.63) is 66.2 Å². The van der Waals surface area contributed by atoms with Crippen LogP contribution >= 0.6 is 0 Å². The highest BCUT2D eigenvalue weighted by atomic mass is 19.1. The predicted octanol–water partition coefficient (Wildman–Crippen LogP) is 3.74. The van der Waals surface area contributed by atoms with E-state index in [4.69, 9.17) is 9.47 Å². The SMILES string of the molecule is Fc1ccccc1CNc1cc(Nc2ccc3c(c2)OCCO3)ncn1. The second-order valence-electron chi connectivity index (χ2n) is 5.72. The van der Waals surface area contributed by atoms with Crippen LogP contribution in [0.3, 0.4) is 0 Å². The summed E-state index contributed by atoms with van der Waals surface area (Å²) >= 11 is 0. The van der Waals surface area contributed by atoms with Crippen LogP contribution in [-0.4, -0.2) is 23.2 Å². The van der Waals surface area contributed by atoms with Crippen LogP contribution in [0.25, 0.3) is 0 Å². The molecule has 2 heterocycles. The first kappa shape index (κ1) is 16.1. The molecular formula is C19H17FN4O2. The summed E-state index contributed by atoms with van der Waals surface area (Å²) in [6.07, 6.45) is 1.45. The molecule has 26 heavy (non-hydrogen) atoms. The Hall–Kier alpha value is -3.35. The third-order valence-electron chi connectivity index (χ3n) is 3.90. The van der Waals surface area contributed by atoms with Crippen LogP contribution in [0, 0.1) is 5.82 Å². The number of ether oxygens (including phenoxy) is 2. The highest BCUT2D eigenvalue weighted by Gasteiger charge is 2.12. The Morgan fingerprint density at radius 3 is 2.62 bits per heavy atom. The van der Waals surface area contributed by atoms with E-state index in [9.17, 15) is 4.39 Å². The minimum Gasteiger partial charge on any atom is -0.486 e. The summed E-state index contributed by atoms with van der Waals surface area (Å²) in [7, 11) is 0. The van der Waals surface area contributed by atoms with Crippen LogP contribution in [0.15, 0.2) is 54.9 Å². The topological polar surface area (TPSA) is 68.3 Å². The summed E-state index contributed by atoms with van der Waals surface area (Å²) in [6.45, 7) is 1.43. The van der Waals surface area contributed by atoms with Crippen LogP contribution in [0.4, 0.5) is 21.7 Å². The Morgan fingerprint density at radius 2 is 1.73 bits per heavy atom. The largest absolute Gasteiger partial charge is 0.486 e. The van der Waals surface area contributed by atoms with E-state index < -0.39 is 0 Å². The number of aromatic nitrogens is 2. The minimum absolute atomic E-state index is 0.247. The van der Waals surface area contributed by atoms with Crippen LogP contribution in [0.2, 0.25) is 0 Å². The number of fused-ring (bicyclic) bond motifs is 1. The fourth-order valence-electron chi connectivity index (χ4n) is 2.62. The lowest BCUT2D eigenvalue weighted by atomic mass is 10.2. The number of hydrogen-bond donors (Lipinski definition) is 2. The fraction of sp³-hybridized carbons (Fsp3) is 0.158. The normalized spacial score (nSPS) is 12.5. The van der Waals surface area contributed by atoms with Crippen LogP contribution in [0.1, 0.15) is 5.56 Å². The molecule has 132 valence electrons. The van der Waals surface area contributed by atoms with Gasteiger partial charge >= 0.3 is 0 Å². The molecule has 1 aromatic heterocycles. The molecule has 0 spiro atoms. The Bertz CT molecular complexity index is 920. The molecule has 0 saturated carbocycles. The molecule has 0 bridgehead atoms. The summed E-state index contributed by atoms with van der Waals surface area (Å²) < 4.78 is 24.8. The Balaban J connectivity index is 1.45. The van der Waals surface area contributed by atoms with Crippen LogP contribution < -0.4 is 20.1 Å². The maximum atomic E-state index is 13.7. The second kappa shape index (κ2) is 7.26. The molecule has 4 rings (SSSR count). The van der Waals surface area contributed by atoms with Crippen molar-refractivity contribution in [1.29, 1.82) is 0 Å². The van der Waals surface area contributed by atoms with Crippen molar-refractivity contribution < 1.29 is 13.9 Å². The monoisotopic (exact) mass is 352 g/mol. The van der Waals surface area contributed by atoms with E-state index in [1.54, 1.807) is 24.3 Å². The van der Waals surface area contributed by atoms with Gasteiger partial charge in [0.25, 0.3) is 0 Å². The summed E-state index contributed by atoms with van der Waals surface area (Å²) in [5.41, 5.74) is 1.40. The zero-order chi connectivity index (χ0) is 17.8. The molecule has 0 amide bonds. The Morgan fingerprint density at radius 1 is 0.923 bits per heavy atom. The van der Waals surface area contributed by atoms with Gasteiger partial charge in [-0.1, -0.05) is 18.2 Å². The van der Waals surface area contributed by atoms with E-state index in [0.717, 1.165) is 11.4 Å². The van der Waals surface area contributed by atoms with E-state index in [2.05, 4.69) is 20.6 Å². The van der Waals surface area contributed by atoms with Crippen molar-refractivity contribution in [2.24, 2.45) is 0 Å². The predicted molar refractivity (Wildman–Crippen MR) is 96.5 cm³/mol. The summed E-state index contributed by atoms with van der Waals surface area (Å²) in [4.78, 5) is 8.38. The first-order valence-corrected chi connectivity index (χ1v) is 8.24. The average Bonchev–Trinajstić information content (AvgIpc) is 2.68. The van der Waals surface area contributed by atoms with Gasteiger partial charge in [-0.3, -0.25) is 0 Å². The molecule has 1 aliphatic heterocycles. The minimum atomic E-state index is -0.247. The van der Waals surface area contributed by atoms with E-state index in [-0.39, 0.29) is 5.82 Å². The maximum absolute atomic E-state index is 13.7.